The zero-order chi connectivity index (χ0) is 14.1. The largest absolute Gasteiger partial charge is 0.323 e. The molecule has 0 amide bonds. The summed E-state index contributed by atoms with van der Waals surface area (Å²) in [5.74, 6) is 1.84. The van der Waals surface area contributed by atoms with Gasteiger partial charge in [-0.05, 0) is 83.2 Å². The Morgan fingerprint density at radius 1 is 1.35 bits per heavy atom. The molecule has 4 saturated carbocycles. The minimum Gasteiger partial charge on any atom is -0.323 e. The van der Waals surface area contributed by atoms with Gasteiger partial charge < -0.3 is 5.73 Å². The summed E-state index contributed by atoms with van der Waals surface area (Å²) in [6, 6.07) is 2.25. The molecule has 1 nitrogen and oxygen atoms in total. The normalized spacial score (nSPS) is 44.0. The molecule has 5 rings (SSSR count). The van der Waals surface area contributed by atoms with Crippen molar-refractivity contribution in [3.05, 3.63) is 19.8 Å². The van der Waals surface area contributed by atoms with Crippen LogP contribution in [0.15, 0.2) is 9.85 Å². The van der Waals surface area contributed by atoms with Gasteiger partial charge in [0, 0.05) is 10.9 Å². The standard InChI is InChI=1S/C16H21BrClNS/c1-15-4-9-2-10(5-15)7-16(6-9,8-15)13(19)12-3-11(18)14(17)20-12/h3,9-10,13H,2,4-8,19H2,1H3. The fourth-order valence-electron chi connectivity index (χ4n) is 5.98. The minimum atomic E-state index is 0.168. The van der Waals surface area contributed by atoms with Crippen molar-refractivity contribution in [1.82, 2.24) is 0 Å². The predicted octanol–water partition coefficient (Wildman–Crippen LogP) is 5.77. The average molecular weight is 375 g/mol. The Balaban J connectivity index is 1.70. The van der Waals surface area contributed by atoms with Crippen LogP contribution in [-0.4, -0.2) is 0 Å². The summed E-state index contributed by atoms with van der Waals surface area (Å²) in [5.41, 5.74) is 7.66. The second kappa shape index (κ2) is 4.47. The molecule has 4 heteroatoms. The van der Waals surface area contributed by atoms with Crippen LogP contribution in [0.2, 0.25) is 5.02 Å². The first-order chi connectivity index (χ1) is 9.39. The maximum atomic E-state index is 6.77. The maximum absolute atomic E-state index is 6.77. The van der Waals surface area contributed by atoms with Crippen molar-refractivity contribution < 1.29 is 0 Å². The lowest BCUT2D eigenvalue weighted by atomic mass is 9.43. The Hall–Kier alpha value is 0.430. The molecule has 3 atom stereocenters. The van der Waals surface area contributed by atoms with Crippen LogP contribution in [0, 0.1) is 22.7 Å². The van der Waals surface area contributed by atoms with Crippen LogP contribution < -0.4 is 5.73 Å². The van der Waals surface area contributed by atoms with E-state index >= 15 is 0 Å². The third kappa shape index (κ3) is 2.04. The van der Waals surface area contributed by atoms with Crippen LogP contribution >= 0.6 is 38.9 Å². The van der Waals surface area contributed by atoms with E-state index in [4.69, 9.17) is 17.3 Å². The Labute approximate surface area is 138 Å². The van der Waals surface area contributed by atoms with Gasteiger partial charge in [-0.2, -0.15) is 0 Å². The quantitative estimate of drug-likeness (QED) is 0.698. The Morgan fingerprint density at radius 3 is 2.50 bits per heavy atom. The summed E-state index contributed by atoms with van der Waals surface area (Å²) in [4.78, 5) is 1.27. The summed E-state index contributed by atoms with van der Waals surface area (Å²) in [7, 11) is 0. The van der Waals surface area contributed by atoms with Gasteiger partial charge in [0.05, 0.1) is 8.81 Å². The lowest BCUT2D eigenvalue weighted by Gasteiger charge is -2.63. The fourth-order valence-corrected chi connectivity index (χ4v) is 7.87. The summed E-state index contributed by atoms with van der Waals surface area (Å²) in [5, 5.41) is 0.816. The molecule has 0 radical (unpaired) electrons. The second-order valence-electron chi connectivity index (χ2n) is 7.88. The molecule has 0 saturated heterocycles. The van der Waals surface area contributed by atoms with Gasteiger partial charge in [-0.1, -0.05) is 18.5 Å². The Kier molecular flexibility index (Phi) is 3.14. The first-order valence-electron chi connectivity index (χ1n) is 7.60. The molecule has 4 bridgehead atoms. The van der Waals surface area contributed by atoms with Crippen molar-refractivity contribution in [1.29, 1.82) is 0 Å². The van der Waals surface area contributed by atoms with E-state index < -0.39 is 0 Å². The Morgan fingerprint density at radius 2 is 2.00 bits per heavy atom. The SMILES string of the molecule is CC12CC3CC(C1)CC(C(N)c1cc(Cl)c(Br)s1)(C3)C2. The van der Waals surface area contributed by atoms with E-state index in [9.17, 15) is 0 Å². The molecule has 1 heterocycles. The molecule has 4 aliphatic rings. The van der Waals surface area contributed by atoms with Gasteiger partial charge in [-0.15, -0.1) is 11.3 Å². The molecule has 0 aliphatic heterocycles. The van der Waals surface area contributed by atoms with Crippen molar-refractivity contribution in [3.63, 3.8) is 0 Å². The lowest BCUT2D eigenvalue weighted by molar-refractivity contribution is -0.113. The smallest absolute Gasteiger partial charge is 0.0887 e. The van der Waals surface area contributed by atoms with Crippen molar-refractivity contribution in [2.45, 2.75) is 51.5 Å². The van der Waals surface area contributed by atoms with E-state index in [1.807, 2.05) is 0 Å². The van der Waals surface area contributed by atoms with Gasteiger partial charge in [0.1, 0.15) is 0 Å². The highest BCUT2D eigenvalue weighted by molar-refractivity contribution is 9.11. The molecule has 1 aromatic heterocycles. The zero-order valence-electron chi connectivity index (χ0n) is 11.8. The molecule has 2 N–H and O–H groups in total. The topological polar surface area (TPSA) is 26.0 Å². The summed E-state index contributed by atoms with van der Waals surface area (Å²) < 4.78 is 1.03. The number of hydrogen-bond donors (Lipinski definition) is 1. The predicted molar refractivity (Wildman–Crippen MR) is 89.2 cm³/mol. The second-order valence-corrected chi connectivity index (χ2v) is 10.7. The van der Waals surface area contributed by atoms with Gasteiger partial charge >= 0.3 is 0 Å². The average Bonchev–Trinajstić information content (AvgIpc) is 2.65. The van der Waals surface area contributed by atoms with Crippen molar-refractivity contribution in [2.75, 3.05) is 0 Å². The highest BCUT2D eigenvalue weighted by Crippen LogP contribution is 2.68. The van der Waals surface area contributed by atoms with E-state index in [1.54, 1.807) is 11.3 Å². The van der Waals surface area contributed by atoms with E-state index in [1.165, 1.54) is 43.4 Å². The van der Waals surface area contributed by atoms with E-state index in [2.05, 4.69) is 28.9 Å². The van der Waals surface area contributed by atoms with E-state index in [0.29, 0.717) is 10.8 Å². The number of nitrogens with two attached hydrogens (primary N) is 1. The molecule has 110 valence electrons. The fraction of sp³-hybridized carbons (Fsp3) is 0.750. The molecule has 1 aromatic rings. The maximum Gasteiger partial charge on any atom is 0.0887 e. The van der Waals surface area contributed by atoms with Crippen LogP contribution in [0.3, 0.4) is 0 Å². The Bertz CT molecular complexity index is 521. The van der Waals surface area contributed by atoms with Gasteiger partial charge in [0.2, 0.25) is 0 Å². The zero-order valence-corrected chi connectivity index (χ0v) is 15.0. The van der Waals surface area contributed by atoms with Crippen LogP contribution in [0.25, 0.3) is 0 Å². The first-order valence-corrected chi connectivity index (χ1v) is 9.58. The van der Waals surface area contributed by atoms with Crippen LogP contribution in [0.4, 0.5) is 0 Å². The molecule has 3 unspecified atom stereocenters. The van der Waals surface area contributed by atoms with Crippen molar-refractivity contribution >= 4 is 38.9 Å². The summed E-state index contributed by atoms with van der Waals surface area (Å²) in [6.45, 7) is 2.50. The molecular formula is C16H21BrClNS. The monoisotopic (exact) mass is 373 g/mol. The van der Waals surface area contributed by atoms with E-state index in [0.717, 1.165) is 20.6 Å². The number of halogens is 2. The van der Waals surface area contributed by atoms with Gasteiger partial charge in [-0.3, -0.25) is 0 Å². The van der Waals surface area contributed by atoms with Crippen LogP contribution in [0.1, 0.15) is 56.4 Å². The highest BCUT2D eigenvalue weighted by atomic mass is 79.9. The first kappa shape index (κ1) is 14.0. The lowest BCUT2D eigenvalue weighted by Crippen LogP contribution is -2.54. The molecule has 0 aromatic carbocycles. The van der Waals surface area contributed by atoms with Crippen molar-refractivity contribution in [2.24, 2.45) is 28.4 Å². The van der Waals surface area contributed by atoms with Crippen molar-refractivity contribution in [3.8, 4) is 0 Å². The third-order valence-corrected chi connectivity index (χ3v) is 8.59. The van der Waals surface area contributed by atoms with Gasteiger partial charge in [0.25, 0.3) is 0 Å². The van der Waals surface area contributed by atoms with Gasteiger partial charge in [-0.25, -0.2) is 0 Å². The highest BCUT2D eigenvalue weighted by Gasteiger charge is 2.58. The molecule has 4 fully saturated rings. The summed E-state index contributed by atoms with van der Waals surface area (Å²) in [6.07, 6.45) is 8.33. The molecular weight excluding hydrogens is 354 g/mol. The number of thiophene rings is 1. The minimum absolute atomic E-state index is 0.168. The van der Waals surface area contributed by atoms with Gasteiger partial charge in [0.15, 0.2) is 0 Å². The third-order valence-electron chi connectivity index (χ3n) is 6.03. The molecule has 20 heavy (non-hydrogen) atoms. The summed E-state index contributed by atoms with van der Waals surface area (Å²) >= 11 is 11.5. The van der Waals surface area contributed by atoms with E-state index in [-0.39, 0.29) is 6.04 Å². The molecule has 0 spiro atoms. The molecule has 4 aliphatic carbocycles. The number of rotatable bonds is 2. The number of hydrogen-bond acceptors (Lipinski definition) is 2. The van der Waals surface area contributed by atoms with Crippen LogP contribution in [-0.2, 0) is 0 Å². The van der Waals surface area contributed by atoms with Crippen LogP contribution in [0.5, 0.6) is 0 Å².